The summed E-state index contributed by atoms with van der Waals surface area (Å²) in [7, 11) is -3.77. The number of anilines is 2. The molecule has 0 spiro atoms. The summed E-state index contributed by atoms with van der Waals surface area (Å²) in [6.45, 7) is 4.38. The van der Waals surface area contributed by atoms with Crippen LogP contribution in [0.4, 0.5) is 11.6 Å². The summed E-state index contributed by atoms with van der Waals surface area (Å²) in [6, 6.07) is 23.7. The van der Waals surface area contributed by atoms with Crippen molar-refractivity contribution < 1.29 is 8.42 Å². The molecule has 208 valence electrons. The van der Waals surface area contributed by atoms with Gasteiger partial charge in [-0.1, -0.05) is 36.4 Å². The van der Waals surface area contributed by atoms with Gasteiger partial charge in [0.15, 0.2) is 0 Å². The number of likely N-dealkylation sites (tertiary alicyclic amines) is 1. The Hall–Kier alpha value is -4.26. The topological polar surface area (TPSA) is 111 Å². The molecule has 1 fully saturated rings. The Morgan fingerprint density at radius 3 is 2.49 bits per heavy atom. The smallest absolute Gasteiger partial charge is 0.261 e. The van der Waals surface area contributed by atoms with E-state index in [0.29, 0.717) is 17.2 Å². The van der Waals surface area contributed by atoms with Crippen molar-refractivity contribution in [1.82, 2.24) is 14.9 Å². The van der Waals surface area contributed by atoms with Gasteiger partial charge < -0.3 is 10.2 Å². The normalized spacial score (nSPS) is 16.4. The van der Waals surface area contributed by atoms with Gasteiger partial charge >= 0.3 is 0 Å². The number of nitriles is 1. The molecule has 2 N–H and O–H groups in total. The number of fused-ring (bicyclic) bond motifs is 3. The van der Waals surface area contributed by atoms with Crippen molar-refractivity contribution in [1.29, 1.82) is 5.26 Å². The van der Waals surface area contributed by atoms with Gasteiger partial charge in [-0.15, -0.1) is 0 Å². The lowest BCUT2D eigenvalue weighted by atomic mass is 9.78. The third-order valence-corrected chi connectivity index (χ3v) is 9.27. The molecule has 8 nitrogen and oxygen atoms in total. The zero-order valence-electron chi connectivity index (χ0n) is 22.8. The molecular formula is C32H32N6O2S. The second-order valence-corrected chi connectivity index (χ2v) is 12.3. The summed E-state index contributed by atoms with van der Waals surface area (Å²) in [4.78, 5) is 12.2. The maximum absolute atomic E-state index is 12.8. The molecule has 41 heavy (non-hydrogen) atoms. The Morgan fingerprint density at radius 2 is 1.73 bits per heavy atom. The van der Waals surface area contributed by atoms with E-state index in [9.17, 15) is 8.42 Å². The number of benzene rings is 3. The van der Waals surface area contributed by atoms with Crippen molar-refractivity contribution in [2.45, 2.75) is 36.5 Å². The molecular weight excluding hydrogens is 532 g/mol. The summed E-state index contributed by atoms with van der Waals surface area (Å²) in [5.41, 5.74) is 6.35. The van der Waals surface area contributed by atoms with E-state index < -0.39 is 10.0 Å². The number of nitrogens with one attached hydrogen (secondary N) is 2. The Morgan fingerprint density at radius 1 is 0.976 bits per heavy atom. The van der Waals surface area contributed by atoms with Crippen LogP contribution in [0.5, 0.6) is 0 Å². The third-order valence-electron chi connectivity index (χ3n) is 7.87. The first-order valence-electron chi connectivity index (χ1n) is 14.0. The van der Waals surface area contributed by atoms with E-state index in [4.69, 9.17) is 10.2 Å². The monoisotopic (exact) mass is 564 g/mol. The average Bonchev–Trinajstić information content (AvgIpc) is 3.53. The first-order valence-corrected chi connectivity index (χ1v) is 15.5. The fourth-order valence-corrected chi connectivity index (χ4v) is 6.79. The van der Waals surface area contributed by atoms with Crippen LogP contribution in [0.15, 0.2) is 83.9 Å². The lowest BCUT2D eigenvalue weighted by molar-refractivity contribution is 0.337. The van der Waals surface area contributed by atoms with Crippen LogP contribution < -0.4 is 10.0 Å². The summed E-state index contributed by atoms with van der Waals surface area (Å²) in [5.74, 6) is 0.767. The first-order chi connectivity index (χ1) is 20.0. The van der Waals surface area contributed by atoms with Crippen molar-refractivity contribution in [3.8, 4) is 17.3 Å². The maximum Gasteiger partial charge on any atom is 0.261 e. The molecule has 1 saturated heterocycles. The fourth-order valence-electron chi connectivity index (χ4n) is 5.73. The number of aromatic nitrogens is 2. The number of hydrogen-bond acceptors (Lipinski definition) is 7. The van der Waals surface area contributed by atoms with Crippen molar-refractivity contribution in [3.63, 3.8) is 0 Å². The standard InChI is InChI=1S/C32H32N6O2S/c33-21-23-8-14-27(15-9-23)41(39,40)37-26-12-10-24(11-13-26)30-20-25-22-35-32(34-16-5-19-38-17-3-4-18-38)36-31(25)29-7-2-1-6-28(29)30/h1-2,6-15,22,30,37H,3-5,16-20H2,(H,34,35,36). The third kappa shape index (κ3) is 5.94. The van der Waals surface area contributed by atoms with E-state index >= 15 is 0 Å². The minimum Gasteiger partial charge on any atom is -0.354 e. The molecule has 0 bridgehead atoms. The van der Waals surface area contributed by atoms with Gasteiger partial charge in [0.25, 0.3) is 10.0 Å². The van der Waals surface area contributed by atoms with Gasteiger partial charge in [0.1, 0.15) is 0 Å². The highest BCUT2D eigenvalue weighted by atomic mass is 32.2. The summed E-state index contributed by atoms with van der Waals surface area (Å²) in [6.07, 6.45) is 6.39. The van der Waals surface area contributed by atoms with Crippen LogP contribution in [0.3, 0.4) is 0 Å². The lowest BCUT2D eigenvalue weighted by Gasteiger charge is -2.27. The minimum atomic E-state index is -3.77. The van der Waals surface area contributed by atoms with Gasteiger partial charge in [-0.05, 0) is 98.4 Å². The molecule has 4 aromatic rings. The van der Waals surface area contributed by atoms with E-state index in [1.807, 2.05) is 30.5 Å². The van der Waals surface area contributed by atoms with E-state index in [2.05, 4.69) is 38.1 Å². The molecule has 0 radical (unpaired) electrons. The van der Waals surface area contributed by atoms with Gasteiger partial charge in [0, 0.05) is 29.9 Å². The summed E-state index contributed by atoms with van der Waals surface area (Å²) in [5, 5.41) is 12.4. The zero-order valence-corrected chi connectivity index (χ0v) is 23.6. The van der Waals surface area contributed by atoms with Crippen LogP contribution in [0.25, 0.3) is 11.3 Å². The Bertz CT molecular complexity index is 1680. The summed E-state index contributed by atoms with van der Waals surface area (Å²) < 4.78 is 28.3. The summed E-state index contributed by atoms with van der Waals surface area (Å²) >= 11 is 0. The largest absolute Gasteiger partial charge is 0.354 e. The molecule has 2 heterocycles. The average molecular weight is 565 g/mol. The van der Waals surface area contributed by atoms with Crippen LogP contribution in [0.2, 0.25) is 0 Å². The Balaban J connectivity index is 1.16. The quantitative estimate of drug-likeness (QED) is 0.262. The van der Waals surface area contributed by atoms with E-state index in [1.54, 1.807) is 12.1 Å². The number of nitrogens with zero attached hydrogens (tertiary/aromatic N) is 4. The second-order valence-electron chi connectivity index (χ2n) is 10.6. The molecule has 3 aromatic carbocycles. The predicted molar refractivity (Wildman–Crippen MR) is 160 cm³/mol. The molecule has 2 aliphatic rings. The van der Waals surface area contributed by atoms with Crippen molar-refractivity contribution in [2.75, 3.05) is 36.2 Å². The van der Waals surface area contributed by atoms with Crippen molar-refractivity contribution >= 4 is 21.7 Å². The lowest BCUT2D eigenvalue weighted by Crippen LogP contribution is -2.22. The fraction of sp³-hybridized carbons (Fsp3) is 0.281. The molecule has 6 rings (SSSR count). The number of hydrogen-bond donors (Lipinski definition) is 2. The highest BCUT2D eigenvalue weighted by Gasteiger charge is 2.27. The minimum absolute atomic E-state index is 0.103. The van der Waals surface area contributed by atoms with E-state index in [0.717, 1.165) is 48.3 Å². The van der Waals surface area contributed by atoms with E-state index in [-0.39, 0.29) is 10.8 Å². The predicted octanol–water partition coefficient (Wildman–Crippen LogP) is 5.40. The van der Waals surface area contributed by atoms with Gasteiger partial charge in [-0.2, -0.15) is 5.26 Å². The van der Waals surface area contributed by atoms with Gasteiger partial charge in [-0.3, -0.25) is 4.72 Å². The van der Waals surface area contributed by atoms with Crippen molar-refractivity contribution in [3.05, 3.63) is 101 Å². The Kier molecular flexibility index (Phi) is 7.68. The van der Waals surface area contributed by atoms with Crippen LogP contribution in [0, 0.1) is 11.3 Å². The van der Waals surface area contributed by atoms with Crippen molar-refractivity contribution in [2.24, 2.45) is 0 Å². The molecule has 0 amide bonds. The zero-order chi connectivity index (χ0) is 28.2. The van der Waals surface area contributed by atoms with Gasteiger partial charge in [-0.25, -0.2) is 18.4 Å². The molecule has 1 unspecified atom stereocenters. The molecule has 1 aromatic heterocycles. The SMILES string of the molecule is N#Cc1ccc(S(=O)(=O)Nc2ccc(C3Cc4cnc(NCCCN5CCCC5)nc4-c4ccccc43)cc2)cc1. The van der Waals surface area contributed by atoms with Crippen LogP contribution >= 0.6 is 0 Å². The molecule has 1 aliphatic heterocycles. The highest BCUT2D eigenvalue weighted by Crippen LogP contribution is 2.42. The first kappa shape index (κ1) is 26.9. The molecule has 0 saturated carbocycles. The molecule has 9 heteroatoms. The van der Waals surface area contributed by atoms with Crippen LogP contribution in [0.1, 0.15) is 47.4 Å². The number of sulfonamides is 1. The van der Waals surface area contributed by atoms with Crippen LogP contribution in [-0.2, 0) is 16.4 Å². The van der Waals surface area contributed by atoms with Crippen LogP contribution in [-0.4, -0.2) is 49.5 Å². The Labute approximate surface area is 241 Å². The molecule has 1 atom stereocenters. The number of rotatable bonds is 9. The van der Waals surface area contributed by atoms with Gasteiger partial charge in [0.2, 0.25) is 5.95 Å². The highest BCUT2D eigenvalue weighted by molar-refractivity contribution is 7.92. The van der Waals surface area contributed by atoms with E-state index in [1.165, 1.54) is 55.8 Å². The van der Waals surface area contributed by atoms with Gasteiger partial charge in [0.05, 0.1) is 22.2 Å². The maximum atomic E-state index is 12.8. The molecule has 1 aliphatic carbocycles. The second kappa shape index (κ2) is 11.7.